The summed E-state index contributed by atoms with van der Waals surface area (Å²) in [5.74, 6) is 0.126. The lowest BCUT2D eigenvalue weighted by atomic mass is 9.91. The molecule has 38 heavy (non-hydrogen) atoms. The van der Waals surface area contributed by atoms with Gasteiger partial charge in [-0.15, -0.1) is 0 Å². The molecule has 0 aliphatic carbocycles. The van der Waals surface area contributed by atoms with E-state index in [1.165, 1.54) is 0 Å². The third-order valence-corrected chi connectivity index (χ3v) is 8.02. The van der Waals surface area contributed by atoms with Gasteiger partial charge in [-0.05, 0) is 99.5 Å². The van der Waals surface area contributed by atoms with Crippen LogP contribution in [-0.4, -0.2) is 81.3 Å². The zero-order valence-corrected chi connectivity index (χ0v) is 26.5. The summed E-state index contributed by atoms with van der Waals surface area (Å²) in [7, 11) is 1.73. The second kappa shape index (κ2) is 19.3. The van der Waals surface area contributed by atoms with Gasteiger partial charge in [0.25, 0.3) is 0 Å². The van der Waals surface area contributed by atoms with Crippen molar-refractivity contribution in [1.82, 2.24) is 16.0 Å². The molecule has 5 N–H and O–H groups in total. The van der Waals surface area contributed by atoms with Crippen molar-refractivity contribution in [1.29, 1.82) is 0 Å². The first-order chi connectivity index (χ1) is 17.8. The monoisotopic (exact) mass is 544 g/mol. The Bertz CT molecular complexity index is 617. The smallest absolute Gasteiger partial charge is 0.219 e. The van der Waals surface area contributed by atoms with E-state index in [-0.39, 0.29) is 28.2 Å². The summed E-state index contributed by atoms with van der Waals surface area (Å²) >= 11 is 0. The fraction of sp³-hybridized carbons (Fsp3) is 0.967. The molecular formula is C30H64N4O4. The van der Waals surface area contributed by atoms with Gasteiger partial charge in [-0.2, -0.15) is 0 Å². The van der Waals surface area contributed by atoms with Crippen LogP contribution in [0.15, 0.2) is 0 Å². The topological polar surface area (TPSA) is 107 Å². The number of nitrogens with two attached hydrogens (primary N) is 1. The fourth-order valence-electron chi connectivity index (χ4n) is 4.02. The third kappa shape index (κ3) is 18.5. The van der Waals surface area contributed by atoms with Crippen LogP contribution in [0.25, 0.3) is 0 Å². The maximum atomic E-state index is 12.3. The molecule has 228 valence electrons. The molecule has 1 amide bonds. The number of carbonyl (C=O) groups is 1. The normalized spacial score (nSPS) is 15.7. The number of hydrogen-bond donors (Lipinski definition) is 4. The van der Waals surface area contributed by atoms with Crippen molar-refractivity contribution < 1.29 is 19.0 Å². The van der Waals surface area contributed by atoms with Gasteiger partial charge in [0.15, 0.2) is 0 Å². The van der Waals surface area contributed by atoms with Crippen LogP contribution in [-0.2, 0) is 19.0 Å². The van der Waals surface area contributed by atoms with E-state index in [1.54, 1.807) is 7.11 Å². The Morgan fingerprint density at radius 3 is 1.89 bits per heavy atom. The molecule has 2 atom stereocenters. The highest BCUT2D eigenvalue weighted by atomic mass is 16.5. The lowest BCUT2D eigenvalue weighted by Crippen LogP contribution is -2.50. The van der Waals surface area contributed by atoms with E-state index in [2.05, 4.69) is 71.3 Å². The van der Waals surface area contributed by atoms with E-state index >= 15 is 0 Å². The van der Waals surface area contributed by atoms with Gasteiger partial charge >= 0.3 is 0 Å². The van der Waals surface area contributed by atoms with E-state index in [4.69, 9.17) is 19.9 Å². The van der Waals surface area contributed by atoms with Gasteiger partial charge < -0.3 is 35.9 Å². The van der Waals surface area contributed by atoms with Gasteiger partial charge in [-0.1, -0.05) is 13.8 Å². The van der Waals surface area contributed by atoms with Crippen LogP contribution in [0.5, 0.6) is 0 Å². The maximum Gasteiger partial charge on any atom is 0.219 e. The number of nitrogens with one attached hydrogen (secondary N) is 3. The fourth-order valence-corrected chi connectivity index (χ4v) is 4.02. The molecular weight excluding hydrogens is 480 g/mol. The Morgan fingerprint density at radius 2 is 1.32 bits per heavy atom. The Morgan fingerprint density at radius 1 is 0.737 bits per heavy atom. The Labute approximate surface area is 235 Å². The van der Waals surface area contributed by atoms with Crippen LogP contribution in [0, 0.1) is 0 Å². The second-order valence-electron chi connectivity index (χ2n) is 12.5. The average molecular weight is 545 g/mol. The standard InChI is InChI=1S/C30H64N4O4/c1-10-29(7,33-21-16-30(8,11-2)34-22-19-31)15-20-32-26(35)14-12-13-23-37-24-17-28(5,6)38-25-18-27(3,4)36-9/h33-34H,10-25,31H2,1-9H3,(H,32,35). The number of methoxy groups -OCH3 is 1. The summed E-state index contributed by atoms with van der Waals surface area (Å²) in [6, 6.07) is 0. The van der Waals surface area contributed by atoms with Crippen molar-refractivity contribution in [3.05, 3.63) is 0 Å². The summed E-state index contributed by atoms with van der Waals surface area (Å²) in [4.78, 5) is 12.3. The lowest BCUT2D eigenvalue weighted by molar-refractivity contribution is -0.121. The Hall–Kier alpha value is -0.770. The van der Waals surface area contributed by atoms with Gasteiger partial charge in [-0.3, -0.25) is 4.79 Å². The quantitative estimate of drug-likeness (QED) is 0.125. The van der Waals surface area contributed by atoms with E-state index in [9.17, 15) is 4.79 Å². The average Bonchev–Trinajstić information content (AvgIpc) is 2.86. The molecule has 0 aromatic carbocycles. The Kier molecular flexibility index (Phi) is 18.9. The van der Waals surface area contributed by atoms with Crippen molar-refractivity contribution in [2.24, 2.45) is 5.73 Å². The highest BCUT2D eigenvalue weighted by molar-refractivity contribution is 5.75. The first-order valence-electron chi connectivity index (χ1n) is 15.0. The van der Waals surface area contributed by atoms with Crippen LogP contribution < -0.4 is 21.7 Å². The minimum Gasteiger partial charge on any atom is -0.381 e. The predicted molar refractivity (Wildman–Crippen MR) is 160 cm³/mol. The van der Waals surface area contributed by atoms with E-state index in [1.807, 2.05) is 0 Å². The molecule has 2 unspecified atom stereocenters. The van der Waals surface area contributed by atoms with Crippen LogP contribution in [0.4, 0.5) is 0 Å². The number of rotatable bonds is 25. The Balaban J connectivity index is 3.99. The molecule has 0 radical (unpaired) electrons. The predicted octanol–water partition coefficient (Wildman–Crippen LogP) is 4.55. The van der Waals surface area contributed by atoms with Gasteiger partial charge in [0.2, 0.25) is 5.91 Å². The summed E-state index contributed by atoms with van der Waals surface area (Å²) in [6.07, 6.45) is 8.02. The number of ether oxygens (including phenoxy) is 3. The molecule has 0 heterocycles. The number of amides is 1. The first kappa shape index (κ1) is 37.2. The zero-order valence-electron chi connectivity index (χ0n) is 26.5. The van der Waals surface area contributed by atoms with Crippen molar-refractivity contribution in [2.75, 3.05) is 53.1 Å². The lowest BCUT2D eigenvalue weighted by Gasteiger charge is -2.34. The summed E-state index contributed by atoms with van der Waals surface area (Å²) in [5, 5.41) is 10.4. The van der Waals surface area contributed by atoms with Gasteiger partial charge in [-0.25, -0.2) is 0 Å². The van der Waals surface area contributed by atoms with E-state index in [0.717, 1.165) is 64.5 Å². The highest BCUT2D eigenvalue weighted by Crippen LogP contribution is 2.19. The van der Waals surface area contributed by atoms with Crippen molar-refractivity contribution in [3.8, 4) is 0 Å². The van der Waals surface area contributed by atoms with Gasteiger partial charge in [0.1, 0.15) is 0 Å². The van der Waals surface area contributed by atoms with E-state index in [0.29, 0.717) is 39.3 Å². The SMILES string of the molecule is CCC(C)(CCNC(=O)CCCCOCCC(C)(C)OCCC(C)(C)OC)NCCC(C)(CC)NCCN. The molecule has 8 nitrogen and oxygen atoms in total. The summed E-state index contributed by atoms with van der Waals surface area (Å²) < 4.78 is 17.3. The highest BCUT2D eigenvalue weighted by Gasteiger charge is 2.25. The molecule has 0 aromatic heterocycles. The minimum absolute atomic E-state index is 0.0150. The van der Waals surface area contributed by atoms with Crippen molar-refractivity contribution >= 4 is 5.91 Å². The molecule has 0 saturated carbocycles. The van der Waals surface area contributed by atoms with Crippen molar-refractivity contribution in [3.63, 3.8) is 0 Å². The van der Waals surface area contributed by atoms with E-state index < -0.39 is 0 Å². The van der Waals surface area contributed by atoms with Crippen LogP contribution in [0.1, 0.15) is 113 Å². The van der Waals surface area contributed by atoms with Crippen LogP contribution in [0.2, 0.25) is 0 Å². The zero-order chi connectivity index (χ0) is 29.1. The largest absolute Gasteiger partial charge is 0.381 e. The number of unbranched alkanes of at least 4 members (excludes halogenated alkanes) is 1. The summed E-state index contributed by atoms with van der Waals surface area (Å²) in [6.45, 7) is 22.4. The van der Waals surface area contributed by atoms with Crippen LogP contribution >= 0.6 is 0 Å². The summed E-state index contributed by atoms with van der Waals surface area (Å²) in [5.41, 5.74) is 5.40. The number of carbonyl (C=O) groups excluding carboxylic acids is 1. The first-order valence-corrected chi connectivity index (χ1v) is 15.0. The second-order valence-corrected chi connectivity index (χ2v) is 12.5. The molecule has 0 fully saturated rings. The molecule has 0 aliphatic heterocycles. The van der Waals surface area contributed by atoms with Crippen molar-refractivity contribution in [2.45, 2.75) is 135 Å². The third-order valence-electron chi connectivity index (χ3n) is 8.02. The molecule has 0 saturated heterocycles. The molecule has 0 bridgehead atoms. The molecule has 8 heteroatoms. The minimum atomic E-state index is -0.220. The van der Waals surface area contributed by atoms with Gasteiger partial charge in [0, 0.05) is 57.5 Å². The number of hydrogen-bond acceptors (Lipinski definition) is 7. The van der Waals surface area contributed by atoms with Crippen LogP contribution in [0.3, 0.4) is 0 Å². The molecule has 0 rings (SSSR count). The molecule has 0 aromatic rings. The molecule has 0 spiro atoms. The molecule has 0 aliphatic rings. The maximum absolute atomic E-state index is 12.3. The van der Waals surface area contributed by atoms with Gasteiger partial charge in [0.05, 0.1) is 17.8 Å².